The maximum absolute atomic E-state index is 12.7. The van der Waals surface area contributed by atoms with Crippen LogP contribution >= 0.6 is 11.3 Å². The Morgan fingerprint density at radius 3 is 2.87 bits per heavy atom. The number of benzene rings is 1. The number of rotatable bonds is 8. The zero-order valence-corrected chi connectivity index (χ0v) is 18.2. The average Bonchev–Trinajstić information content (AvgIpc) is 3.03. The fourth-order valence-electron chi connectivity index (χ4n) is 2.85. The average molecular weight is 429 g/mol. The van der Waals surface area contributed by atoms with Gasteiger partial charge in [-0.15, -0.1) is 11.3 Å². The first-order valence-corrected chi connectivity index (χ1v) is 10.3. The number of fused-ring (bicyclic) bond motifs is 1. The minimum atomic E-state index is -0.422. The topological polar surface area (TPSA) is 94.8 Å². The molecule has 3 aromatic rings. The summed E-state index contributed by atoms with van der Waals surface area (Å²) in [7, 11) is 1.57. The number of aryl methyl sites for hydroxylation is 2. The quantitative estimate of drug-likeness (QED) is 0.440. The van der Waals surface area contributed by atoms with Gasteiger partial charge in [0.1, 0.15) is 11.4 Å². The highest BCUT2D eigenvalue weighted by atomic mass is 32.1. The van der Waals surface area contributed by atoms with Crippen LogP contribution in [0.2, 0.25) is 0 Å². The van der Waals surface area contributed by atoms with Crippen LogP contribution in [-0.4, -0.2) is 35.4 Å². The van der Waals surface area contributed by atoms with Gasteiger partial charge in [-0.25, -0.2) is 10.4 Å². The van der Waals surface area contributed by atoms with Gasteiger partial charge in [0.25, 0.3) is 11.5 Å². The first kappa shape index (κ1) is 21.5. The molecule has 8 nitrogen and oxygen atoms in total. The number of thiophene rings is 1. The maximum atomic E-state index is 12.7. The summed E-state index contributed by atoms with van der Waals surface area (Å²) in [6.45, 7) is 6.30. The van der Waals surface area contributed by atoms with E-state index in [1.165, 1.54) is 28.4 Å². The molecule has 0 fully saturated rings. The van der Waals surface area contributed by atoms with Crippen molar-refractivity contribution in [3.8, 4) is 11.5 Å². The van der Waals surface area contributed by atoms with Crippen molar-refractivity contribution in [2.24, 2.45) is 5.10 Å². The minimum absolute atomic E-state index is 0.166. The molecule has 1 amide bonds. The molecule has 3 rings (SSSR count). The number of hydrazone groups is 1. The number of nitrogens with one attached hydrogen (secondary N) is 1. The largest absolute Gasteiger partial charge is 0.493 e. The van der Waals surface area contributed by atoms with Crippen LogP contribution in [0.4, 0.5) is 0 Å². The fourth-order valence-corrected chi connectivity index (χ4v) is 3.83. The molecule has 0 bridgehead atoms. The van der Waals surface area contributed by atoms with Gasteiger partial charge in [-0.05, 0) is 49.6 Å². The SMILES string of the molecule is CCCOc1ccc(C=NNC(=O)Cn2cnc3sc(C)c(C)c3c2=O)cc1OC. The second kappa shape index (κ2) is 9.53. The third-order valence-electron chi connectivity index (χ3n) is 4.52. The molecule has 0 radical (unpaired) electrons. The van der Waals surface area contributed by atoms with E-state index in [1.807, 2.05) is 26.8 Å². The number of hydrogen-bond donors (Lipinski definition) is 1. The molecule has 1 N–H and O–H groups in total. The van der Waals surface area contributed by atoms with Crippen LogP contribution < -0.4 is 20.5 Å². The zero-order valence-electron chi connectivity index (χ0n) is 17.4. The summed E-state index contributed by atoms with van der Waals surface area (Å²) in [5.74, 6) is 0.821. The lowest BCUT2D eigenvalue weighted by molar-refractivity contribution is -0.121. The van der Waals surface area contributed by atoms with Crippen molar-refractivity contribution in [2.75, 3.05) is 13.7 Å². The Labute approximate surface area is 178 Å². The molecule has 0 atom stereocenters. The Morgan fingerprint density at radius 1 is 1.33 bits per heavy atom. The van der Waals surface area contributed by atoms with Crippen LogP contribution in [0.25, 0.3) is 10.2 Å². The van der Waals surface area contributed by atoms with Crippen molar-refractivity contribution in [3.63, 3.8) is 0 Å². The Kier molecular flexibility index (Phi) is 6.83. The van der Waals surface area contributed by atoms with E-state index in [4.69, 9.17) is 9.47 Å². The molecule has 0 spiro atoms. The fraction of sp³-hybridized carbons (Fsp3) is 0.333. The molecule has 0 aliphatic carbocycles. The molecule has 2 aromatic heterocycles. The number of aromatic nitrogens is 2. The van der Waals surface area contributed by atoms with Crippen LogP contribution in [0.15, 0.2) is 34.4 Å². The Hall–Kier alpha value is -3.20. The molecule has 9 heteroatoms. The monoisotopic (exact) mass is 428 g/mol. The highest BCUT2D eigenvalue weighted by Gasteiger charge is 2.13. The third-order valence-corrected chi connectivity index (χ3v) is 5.64. The molecule has 2 heterocycles. The predicted octanol–water partition coefficient (Wildman–Crippen LogP) is 3.02. The zero-order chi connectivity index (χ0) is 21.7. The van der Waals surface area contributed by atoms with Crippen molar-refractivity contribution >= 4 is 33.7 Å². The summed E-state index contributed by atoms with van der Waals surface area (Å²) in [5.41, 5.74) is 3.85. The van der Waals surface area contributed by atoms with Crippen molar-refractivity contribution in [3.05, 3.63) is 50.9 Å². The van der Waals surface area contributed by atoms with Gasteiger partial charge in [-0.2, -0.15) is 5.10 Å². The summed E-state index contributed by atoms with van der Waals surface area (Å²) >= 11 is 1.47. The van der Waals surface area contributed by atoms with Gasteiger partial charge in [0.15, 0.2) is 11.5 Å². The molecule has 30 heavy (non-hydrogen) atoms. The van der Waals surface area contributed by atoms with Crippen molar-refractivity contribution in [1.82, 2.24) is 15.0 Å². The lowest BCUT2D eigenvalue weighted by atomic mass is 10.2. The van der Waals surface area contributed by atoms with Gasteiger partial charge in [0.2, 0.25) is 0 Å². The van der Waals surface area contributed by atoms with E-state index < -0.39 is 5.91 Å². The number of hydrogen-bond acceptors (Lipinski definition) is 7. The third kappa shape index (κ3) is 4.68. The van der Waals surface area contributed by atoms with Crippen molar-refractivity contribution < 1.29 is 14.3 Å². The van der Waals surface area contributed by atoms with E-state index in [9.17, 15) is 9.59 Å². The Balaban J connectivity index is 1.67. The van der Waals surface area contributed by atoms with E-state index in [2.05, 4.69) is 15.5 Å². The second-order valence-electron chi connectivity index (χ2n) is 6.69. The van der Waals surface area contributed by atoms with Crippen LogP contribution in [0.1, 0.15) is 29.3 Å². The standard InChI is InChI=1S/C21H24N4O4S/c1-5-8-29-16-7-6-15(9-17(16)28-4)10-23-24-18(26)11-25-12-22-20-19(21(25)27)13(2)14(3)30-20/h6-7,9-10,12H,5,8,11H2,1-4H3,(H,24,26). The summed E-state index contributed by atoms with van der Waals surface area (Å²) in [4.78, 5) is 30.9. The molecule has 158 valence electrons. The normalized spacial score (nSPS) is 11.2. The van der Waals surface area contributed by atoms with E-state index in [0.29, 0.717) is 28.3 Å². The molecule has 0 aliphatic heterocycles. The van der Waals surface area contributed by atoms with Gasteiger partial charge >= 0.3 is 0 Å². The lowest BCUT2D eigenvalue weighted by Gasteiger charge is -2.10. The number of ether oxygens (including phenoxy) is 2. The molecule has 0 aliphatic rings. The first-order chi connectivity index (χ1) is 14.4. The highest BCUT2D eigenvalue weighted by molar-refractivity contribution is 7.18. The van der Waals surface area contributed by atoms with Crippen LogP contribution in [0.5, 0.6) is 11.5 Å². The van der Waals surface area contributed by atoms with Crippen molar-refractivity contribution in [2.45, 2.75) is 33.7 Å². The van der Waals surface area contributed by atoms with Crippen LogP contribution in [0, 0.1) is 13.8 Å². The number of carbonyl (C=O) groups is 1. The molecule has 0 saturated carbocycles. The maximum Gasteiger partial charge on any atom is 0.262 e. The molecule has 0 saturated heterocycles. The Bertz CT molecular complexity index is 1150. The van der Waals surface area contributed by atoms with Crippen LogP contribution in [-0.2, 0) is 11.3 Å². The lowest BCUT2D eigenvalue weighted by Crippen LogP contribution is -2.30. The minimum Gasteiger partial charge on any atom is -0.493 e. The van der Waals surface area contributed by atoms with Gasteiger partial charge in [-0.3, -0.25) is 14.2 Å². The Morgan fingerprint density at radius 2 is 2.13 bits per heavy atom. The summed E-state index contributed by atoms with van der Waals surface area (Å²) in [6, 6.07) is 5.38. The predicted molar refractivity (Wildman–Crippen MR) is 118 cm³/mol. The van der Waals surface area contributed by atoms with Gasteiger partial charge < -0.3 is 9.47 Å². The molecule has 0 unspecified atom stereocenters. The summed E-state index contributed by atoms with van der Waals surface area (Å²) < 4.78 is 12.2. The van der Waals surface area contributed by atoms with E-state index >= 15 is 0 Å². The van der Waals surface area contributed by atoms with E-state index in [-0.39, 0.29) is 12.1 Å². The van der Waals surface area contributed by atoms with E-state index in [0.717, 1.165) is 22.4 Å². The molecular formula is C21H24N4O4S. The molecular weight excluding hydrogens is 404 g/mol. The van der Waals surface area contributed by atoms with E-state index in [1.54, 1.807) is 19.2 Å². The second-order valence-corrected chi connectivity index (χ2v) is 7.90. The highest BCUT2D eigenvalue weighted by Crippen LogP contribution is 2.27. The smallest absolute Gasteiger partial charge is 0.262 e. The van der Waals surface area contributed by atoms with Gasteiger partial charge in [0.05, 0.1) is 31.6 Å². The number of nitrogens with zero attached hydrogens (tertiary/aromatic N) is 3. The van der Waals surface area contributed by atoms with Gasteiger partial charge in [0, 0.05) is 4.88 Å². The number of amides is 1. The summed E-state index contributed by atoms with van der Waals surface area (Å²) in [6.07, 6.45) is 3.79. The van der Waals surface area contributed by atoms with Crippen LogP contribution in [0.3, 0.4) is 0 Å². The molecule has 1 aromatic carbocycles. The number of methoxy groups -OCH3 is 1. The summed E-state index contributed by atoms with van der Waals surface area (Å²) in [5, 5.41) is 4.53. The number of carbonyl (C=O) groups excluding carboxylic acids is 1. The first-order valence-electron chi connectivity index (χ1n) is 9.52. The van der Waals surface area contributed by atoms with Gasteiger partial charge in [-0.1, -0.05) is 6.92 Å². The van der Waals surface area contributed by atoms with Crippen molar-refractivity contribution in [1.29, 1.82) is 0 Å².